The van der Waals surface area contributed by atoms with Gasteiger partial charge in [-0.2, -0.15) is 5.26 Å². The molecule has 0 amide bonds. The van der Waals surface area contributed by atoms with Gasteiger partial charge in [-0.05, 0) is 66.0 Å². The van der Waals surface area contributed by atoms with Gasteiger partial charge < -0.3 is 4.74 Å². The first-order valence-corrected chi connectivity index (χ1v) is 8.40. The van der Waals surface area contributed by atoms with Crippen LogP contribution < -0.4 is 0 Å². The largest absolute Gasteiger partial charge is 0.460 e. The normalized spacial score (nSPS) is 13.7. The van der Waals surface area contributed by atoms with Gasteiger partial charge in [0.2, 0.25) is 0 Å². The van der Waals surface area contributed by atoms with Crippen LogP contribution in [0, 0.1) is 11.3 Å². The first-order valence-electron chi connectivity index (χ1n) is 8.40. The predicted octanol–water partition coefficient (Wildman–Crippen LogP) is 4.99. The van der Waals surface area contributed by atoms with Crippen LogP contribution in [0.2, 0.25) is 0 Å². The molecule has 0 saturated heterocycles. The van der Waals surface area contributed by atoms with Gasteiger partial charge in [-0.1, -0.05) is 29.9 Å². The minimum absolute atomic E-state index is 0.128. The fourth-order valence-electron chi connectivity index (χ4n) is 1.80. The highest BCUT2D eigenvalue weighted by molar-refractivity contribution is 6.04. The summed E-state index contributed by atoms with van der Waals surface area (Å²) < 4.78 is 5.24. The number of unbranched alkanes of at least 4 members (excludes halogenated alkanes) is 1. The molecule has 0 N–H and O–H groups in total. The van der Waals surface area contributed by atoms with E-state index in [4.69, 9.17) is 10.00 Å². The molecule has 25 heavy (non-hydrogen) atoms. The van der Waals surface area contributed by atoms with Crippen molar-refractivity contribution in [3.63, 3.8) is 0 Å². The molecular weight excluding hydrogens is 314 g/mol. The minimum atomic E-state index is -0.461. The molecule has 0 aliphatic carbocycles. The summed E-state index contributed by atoms with van der Waals surface area (Å²) in [5, 5.41) is 8.66. The predicted molar refractivity (Wildman–Crippen MR) is 101 cm³/mol. The molecule has 0 aliphatic heterocycles. The summed E-state index contributed by atoms with van der Waals surface area (Å²) in [7, 11) is 0. The lowest BCUT2D eigenvalue weighted by atomic mass is 10.1. The number of ketones is 1. The number of hydrogen-bond donors (Lipinski definition) is 0. The zero-order valence-electron chi connectivity index (χ0n) is 16.2. The molecule has 0 spiro atoms. The summed E-state index contributed by atoms with van der Waals surface area (Å²) in [5.74, 6) is -0.366. The molecule has 0 aromatic rings. The number of nitrogens with zero attached hydrogens (tertiary/aromatic N) is 1. The van der Waals surface area contributed by atoms with E-state index in [1.807, 2.05) is 58.1 Å². The van der Waals surface area contributed by atoms with Gasteiger partial charge >= 0.3 is 5.97 Å². The van der Waals surface area contributed by atoms with Crippen molar-refractivity contribution in [1.29, 1.82) is 5.26 Å². The first kappa shape index (κ1) is 22.6. The highest BCUT2D eigenvalue weighted by Crippen LogP contribution is 2.10. The summed E-state index contributed by atoms with van der Waals surface area (Å²) in [4.78, 5) is 23.4. The van der Waals surface area contributed by atoms with Gasteiger partial charge in [0.25, 0.3) is 0 Å². The van der Waals surface area contributed by atoms with Crippen LogP contribution in [-0.4, -0.2) is 17.4 Å². The highest BCUT2D eigenvalue weighted by Gasteiger charge is 2.14. The summed E-state index contributed by atoms with van der Waals surface area (Å²) in [6.07, 6.45) is 10.8. The van der Waals surface area contributed by atoms with E-state index >= 15 is 0 Å². The maximum absolute atomic E-state index is 11.8. The van der Waals surface area contributed by atoms with E-state index in [0.717, 1.165) is 18.4 Å². The van der Waals surface area contributed by atoms with Crippen LogP contribution in [0.4, 0.5) is 0 Å². The summed E-state index contributed by atoms with van der Waals surface area (Å²) in [6.45, 7) is 10.8. The number of esters is 1. The van der Waals surface area contributed by atoms with E-state index in [1.165, 1.54) is 6.08 Å². The van der Waals surface area contributed by atoms with E-state index in [1.54, 1.807) is 13.8 Å². The molecule has 0 unspecified atom stereocenters. The summed E-state index contributed by atoms with van der Waals surface area (Å²) in [6, 6.07) is 1.93. The van der Waals surface area contributed by atoms with Crippen LogP contribution in [0.3, 0.4) is 0 Å². The van der Waals surface area contributed by atoms with Crippen molar-refractivity contribution in [1.82, 2.24) is 0 Å². The second-order valence-corrected chi connectivity index (χ2v) is 6.91. The Balaban J connectivity index is 4.34. The molecule has 0 aromatic heterocycles. The molecule has 0 atom stereocenters. The zero-order valence-corrected chi connectivity index (χ0v) is 16.2. The van der Waals surface area contributed by atoms with Crippen molar-refractivity contribution in [2.24, 2.45) is 0 Å². The van der Waals surface area contributed by atoms with Gasteiger partial charge in [0.05, 0.1) is 12.5 Å². The minimum Gasteiger partial charge on any atom is -0.460 e. The fraction of sp³-hybridized carbons (Fsp3) is 0.476. The molecule has 0 heterocycles. The van der Waals surface area contributed by atoms with Gasteiger partial charge in [0.15, 0.2) is 5.78 Å². The molecule has 4 nitrogen and oxygen atoms in total. The number of ether oxygens (including phenoxy) is 1. The first-order chi connectivity index (χ1) is 11.5. The third-order valence-electron chi connectivity index (χ3n) is 3.09. The number of hydrogen-bond acceptors (Lipinski definition) is 4. The number of rotatable bonds is 8. The highest BCUT2D eigenvalue weighted by atomic mass is 16.6. The van der Waals surface area contributed by atoms with Crippen molar-refractivity contribution in [2.45, 2.75) is 66.4 Å². The van der Waals surface area contributed by atoms with Gasteiger partial charge in [-0.25, -0.2) is 0 Å². The van der Waals surface area contributed by atoms with Crippen molar-refractivity contribution in [2.75, 3.05) is 0 Å². The van der Waals surface area contributed by atoms with E-state index in [0.29, 0.717) is 11.1 Å². The van der Waals surface area contributed by atoms with E-state index in [2.05, 4.69) is 0 Å². The zero-order chi connectivity index (χ0) is 19.5. The molecule has 0 bridgehead atoms. The Kier molecular flexibility index (Phi) is 10.1. The number of carbonyl (C=O) groups is 2. The fourth-order valence-corrected chi connectivity index (χ4v) is 1.80. The molecule has 136 valence electrons. The van der Waals surface area contributed by atoms with E-state index in [-0.39, 0.29) is 18.2 Å². The van der Waals surface area contributed by atoms with Crippen LogP contribution in [0.15, 0.2) is 47.1 Å². The van der Waals surface area contributed by atoms with E-state index < -0.39 is 5.60 Å². The van der Waals surface area contributed by atoms with Crippen molar-refractivity contribution >= 4 is 11.8 Å². The maximum atomic E-state index is 11.8. The Morgan fingerprint density at radius 1 is 1.08 bits per heavy atom. The number of allylic oxidation sites excluding steroid dienone is 7. The van der Waals surface area contributed by atoms with Gasteiger partial charge in [-0.15, -0.1) is 0 Å². The Bertz CT molecular complexity index is 635. The van der Waals surface area contributed by atoms with Crippen LogP contribution in [0.25, 0.3) is 0 Å². The molecule has 4 heteroatoms. The molecule has 0 rings (SSSR count). The Hall–Kier alpha value is -2.41. The SMILES string of the molecule is C/C(C#N)=C\C(=O)/C(C)=C/CC/C=C/C(C)=C/CC(=O)OC(C)(C)C. The molecule has 0 saturated carbocycles. The standard InChI is InChI=1S/C21H29NO3/c1-16(12-13-20(24)25-21(4,5)6)10-8-7-9-11-18(3)19(23)14-17(2)15-22/h8,10-12,14H,7,9,13H2,1-6H3/b10-8+,16-12+,17-14+,18-11+. The third kappa shape index (κ3) is 12.7. The lowest BCUT2D eigenvalue weighted by Gasteiger charge is -2.18. The molecule has 0 aliphatic rings. The summed E-state index contributed by atoms with van der Waals surface area (Å²) in [5.41, 5.74) is 1.58. The van der Waals surface area contributed by atoms with Crippen molar-refractivity contribution in [3.05, 3.63) is 47.1 Å². The second kappa shape index (κ2) is 11.2. The summed E-state index contributed by atoms with van der Waals surface area (Å²) >= 11 is 0. The van der Waals surface area contributed by atoms with Gasteiger partial charge in [0, 0.05) is 5.57 Å². The topological polar surface area (TPSA) is 67.2 Å². The Morgan fingerprint density at radius 2 is 1.72 bits per heavy atom. The van der Waals surface area contributed by atoms with Gasteiger partial charge in [-0.3, -0.25) is 9.59 Å². The van der Waals surface area contributed by atoms with Crippen molar-refractivity contribution < 1.29 is 14.3 Å². The van der Waals surface area contributed by atoms with Gasteiger partial charge in [0.1, 0.15) is 5.60 Å². The number of nitriles is 1. The van der Waals surface area contributed by atoms with Crippen LogP contribution in [-0.2, 0) is 14.3 Å². The monoisotopic (exact) mass is 343 g/mol. The van der Waals surface area contributed by atoms with Crippen molar-refractivity contribution in [3.8, 4) is 6.07 Å². The smallest absolute Gasteiger partial charge is 0.310 e. The molecule has 0 aromatic carbocycles. The Morgan fingerprint density at radius 3 is 2.28 bits per heavy atom. The van der Waals surface area contributed by atoms with E-state index in [9.17, 15) is 9.59 Å². The average Bonchev–Trinajstić information content (AvgIpc) is 2.50. The molecule has 0 fully saturated rings. The third-order valence-corrected chi connectivity index (χ3v) is 3.09. The van der Waals surface area contributed by atoms with Crippen LogP contribution in [0.1, 0.15) is 60.8 Å². The molecular formula is C21H29NO3. The van der Waals surface area contributed by atoms with Crippen LogP contribution in [0.5, 0.6) is 0 Å². The Labute approximate surface area is 151 Å². The van der Waals surface area contributed by atoms with Crippen LogP contribution >= 0.6 is 0 Å². The second-order valence-electron chi connectivity index (χ2n) is 6.91. The number of carbonyl (C=O) groups excluding carboxylic acids is 2. The lowest BCUT2D eigenvalue weighted by Crippen LogP contribution is -2.23. The average molecular weight is 343 g/mol. The quantitative estimate of drug-likeness (QED) is 0.205. The maximum Gasteiger partial charge on any atom is 0.310 e. The molecule has 0 radical (unpaired) electrons. The lowest BCUT2D eigenvalue weighted by molar-refractivity contribution is -0.153.